The zero-order valence-electron chi connectivity index (χ0n) is 10.8. The first-order chi connectivity index (χ1) is 10.0. The second kappa shape index (κ2) is 5.18. The number of aromatic nitrogens is 1. The van der Waals surface area contributed by atoms with Crippen molar-refractivity contribution >= 4 is 28.2 Å². The van der Waals surface area contributed by atoms with Crippen LogP contribution < -0.4 is 0 Å². The van der Waals surface area contributed by atoms with Crippen molar-refractivity contribution in [2.24, 2.45) is 0 Å². The van der Waals surface area contributed by atoms with Crippen LogP contribution in [0.5, 0.6) is 0 Å². The molecule has 21 heavy (non-hydrogen) atoms. The Morgan fingerprint density at radius 2 is 2.00 bits per heavy atom. The number of non-ortho nitro benzene ring substituents is 1. The highest BCUT2D eigenvalue weighted by atomic mass is 35.5. The summed E-state index contributed by atoms with van der Waals surface area (Å²) in [6.07, 6.45) is 1.83. The fourth-order valence-electron chi connectivity index (χ4n) is 2.27. The summed E-state index contributed by atoms with van der Waals surface area (Å²) in [4.78, 5) is 10.3. The predicted octanol–water partition coefficient (Wildman–Crippen LogP) is 4.39. The van der Waals surface area contributed by atoms with Crippen LogP contribution in [-0.4, -0.2) is 9.49 Å². The normalized spacial score (nSPS) is 11.0. The van der Waals surface area contributed by atoms with Crippen molar-refractivity contribution in [2.45, 2.75) is 6.54 Å². The smallest absolute Gasteiger partial charge is 0.270 e. The topological polar surface area (TPSA) is 48.1 Å². The molecule has 0 aliphatic rings. The molecule has 0 saturated carbocycles. The van der Waals surface area contributed by atoms with Crippen LogP contribution in [0, 0.1) is 15.9 Å². The fraction of sp³-hybridized carbons (Fsp3) is 0.0667. The Morgan fingerprint density at radius 3 is 2.71 bits per heavy atom. The fourth-order valence-corrected chi connectivity index (χ4v) is 2.50. The van der Waals surface area contributed by atoms with E-state index in [1.165, 1.54) is 24.3 Å². The summed E-state index contributed by atoms with van der Waals surface area (Å²) < 4.78 is 15.0. The number of hydrogen-bond donors (Lipinski definition) is 0. The minimum absolute atomic E-state index is 0.0556. The number of nitrogens with zero attached hydrogens (tertiary/aromatic N) is 2. The highest BCUT2D eigenvalue weighted by Crippen LogP contribution is 2.24. The molecule has 0 atom stereocenters. The van der Waals surface area contributed by atoms with Gasteiger partial charge in [-0.25, -0.2) is 4.39 Å². The molecule has 3 aromatic rings. The van der Waals surface area contributed by atoms with Crippen LogP contribution in [0.25, 0.3) is 10.9 Å². The molecule has 4 nitrogen and oxygen atoms in total. The average Bonchev–Trinajstić information content (AvgIpc) is 2.84. The molecule has 0 amide bonds. The van der Waals surface area contributed by atoms with Gasteiger partial charge in [-0.2, -0.15) is 0 Å². The Balaban J connectivity index is 1.99. The largest absolute Gasteiger partial charge is 0.343 e. The monoisotopic (exact) mass is 304 g/mol. The number of nitro groups is 1. The molecule has 1 heterocycles. The molecule has 6 heteroatoms. The van der Waals surface area contributed by atoms with Gasteiger partial charge < -0.3 is 4.57 Å². The van der Waals surface area contributed by atoms with Gasteiger partial charge in [0, 0.05) is 40.8 Å². The third-order valence-electron chi connectivity index (χ3n) is 3.32. The van der Waals surface area contributed by atoms with Crippen LogP contribution in [-0.2, 0) is 6.54 Å². The summed E-state index contributed by atoms with van der Waals surface area (Å²) in [5, 5.41) is 11.9. The van der Waals surface area contributed by atoms with E-state index in [4.69, 9.17) is 11.6 Å². The molecule has 106 valence electrons. The van der Waals surface area contributed by atoms with Crippen LogP contribution in [0.3, 0.4) is 0 Å². The highest BCUT2D eigenvalue weighted by molar-refractivity contribution is 6.31. The summed E-state index contributed by atoms with van der Waals surface area (Å²) in [6, 6.07) is 10.8. The summed E-state index contributed by atoms with van der Waals surface area (Å²) in [5.74, 6) is -0.378. The molecule has 0 spiro atoms. The summed E-state index contributed by atoms with van der Waals surface area (Å²) in [7, 11) is 0. The highest BCUT2D eigenvalue weighted by Gasteiger charge is 2.10. The number of nitro benzene ring substituents is 1. The van der Waals surface area contributed by atoms with Crippen molar-refractivity contribution < 1.29 is 9.31 Å². The van der Waals surface area contributed by atoms with Crippen LogP contribution >= 0.6 is 11.6 Å². The van der Waals surface area contributed by atoms with Gasteiger partial charge in [-0.1, -0.05) is 17.7 Å². The van der Waals surface area contributed by atoms with Crippen LogP contribution in [0.1, 0.15) is 5.56 Å². The lowest BCUT2D eigenvalue weighted by Crippen LogP contribution is -1.99. The first kappa shape index (κ1) is 13.6. The van der Waals surface area contributed by atoms with Gasteiger partial charge in [-0.05, 0) is 29.8 Å². The minimum atomic E-state index is -0.423. The second-order valence-electron chi connectivity index (χ2n) is 4.68. The summed E-state index contributed by atoms with van der Waals surface area (Å²) in [5.41, 5.74) is 1.70. The van der Waals surface area contributed by atoms with Crippen molar-refractivity contribution in [2.75, 3.05) is 0 Å². The van der Waals surface area contributed by atoms with E-state index in [0.717, 1.165) is 16.5 Å². The Morgan fingerprint density at radius 1 is 1.19 bits per heavy atom. The molecular formula is C15H10ClFN2O2. The maximum absolute atomic E-state index is 13.0. The standard InChI is InChI=1S/C15H10ClFN2O2/c16-14-8-12(17)2-1-11(14)9-18-6-5-10-7-13(19(20)21)3-4-15(10)18/h1-8H,9H2. The van der Waals surface area contributed by atoms with E-state index < -0.39 is 4.92 Å². The van der Waals surface area contributed by atoms with E-state index in [1.54, 1.807) is 18.2 Å². The first-order valence-electron chi connectivity index (χ1n) is 6.22. The van der Waals surface area contributed by atoms with E-state index in [2.05, 4.69) is 0 Å². The van der Waals surface area contributed by atoms with Crippen molar-refractivity contribution in [3.8, 4) is 0 Å². The van der Waals surface area contributed by atoms with Gasteiger partial charge in [0.05, 0.1) is 4.92 Å². The van der Waals surface area contributed by atoms with E-state index in [-0.39, 0.29) is 11.5 Å². The van der Waals surface area contributed by atoms with Gasteiger partial charge in [-0.3, -0.25) is 10.1 Å². The lowest BCUT2D eigenvalue weighted by Gasteiger charge is -2.07. The third kappa shape index (κ3) is 2.60. The molecule has 2 aromatic carbocycles. The van der Waals surface area contributed by atoms with Crippen molar-refractivity contribution in [1.82, 2.24) is 4.57 Å². The Hall–Kier alpha value is -2.40. The van der Waals surface area contributed by atoms with Gasteiger partial charge in [0.15, 0.2) is 0 Å². The molecule has 3 rings (SSSR count). The summed E-state index contributed by atoms with van der Waals surface area (Å²) in [6.45, 7) is 0.473. The zero-order valence-corrected chi connectivity index (χ0v) is 11.5. The van der Waals surface area contributed by atoms with Gasteiger partial charge >= 0.3 is 0 Å². The van der Waals surface area contributed by atoms with Crippen molar-refractivity contribution in [1.29, 1.82) is 0 Å². The van der Waals surface area contributed by atoms with E-state index in [1.807, 2.05) is 10.8 Å². The Bertz CT molecular complexity index is 845. The maximum Gasteiger partial charge on any atom is 0.270 e. The quantitative estimate of drug-likeness (QED) is 0.532. The predicted molar refractivity (Wildman–Crippen MR) is 79.1 cm³/mol. The van der Waals surface area contributed by atoms with Crippen molar-refractivity contribution in [3.05, 3.63) is 75.2 Å². The van der Waals surface area contributed by atoms with Gasteiger partial charge in [-0.15, -0.1) is 0 Å². The second-order valence-corrected chi connectivity index (χ2v) is 5.09. The Kier molecular flexibility index (Phi) is 3.35. The van der Waals surface area contributed by atoms with Crippen LogP contribution in [0.4, 0.5) is 10.1 Å². The minimum Gasteiger partial charge on any atom is -0.343 e. The average molecular weight is 305 g/mol. The molecule has 0 N–H and O–H groups in total. The third-order valence-corrected chi connectivity index (χ3v) is 3.67. The maximum atomic E-state index is 13.0. The summed E-state index contributed by atoms with van der Waals surface area (Å²) >= 11 is 6.02. The molecule has 0 saturated heterocycles. The first-order valence-corrected chi connectivity index (χ1v) is 6.59. The molecule has 0 unspecified atom stereocenters. The number of benzene rings is 2. The van der Waals surface area contributed by atoms with Crippen molar-refractivity contribution in [3.63, 3.8) is 0 Å². The SMILES string of the molecule is O=[N+]([O-])c1ccc2c(ccn2Cc2ccc(F)cc2Cl)c1. The van der Waals surface area contributed by atoms with Gasteiger partial charge in [0.2, 0.25) is 0 Å². The lowest BCUT2D eigenvalue weighted by atomic mass is 10.2. The zero-order chi connectivity index (χ0) is 15.0. The number of halogens is 2. The van der Waals surface area contributed by atoms with Gasteiger partial charge in [0.1, 0.15) is 5.82 Å². The van der Waals surface area contributed by atoms with E-state index in [0.29, 0.717) is 11.6 Å². The van der Waals surface area contributed by atoms with Crippen LogP contribution in [0.15, 0.2) is 48.7 Å². The van der Waals surface area contributed by atoms with E-state index in [9.17, 15) is 14.5 Å². The number of fused-ring (bicyclic) bond motifs is 1. The number of hydrogen-bond acceptors (Lipinski definition) is 2. The molecule has 0 aliphatic heterocycles. The number of rotatable bonds is 3. The molecule has 0 fully saturated rings. The molecule has 0 bridgehead atoms. The van der Waals surface area contributed by atoms with Crippen LogP contribution in [0.2, 0.25) is 5.02 Å². The Labute approximate surface area is 124 Å². The lowest BCUT2D eigenvalue weighted by molar-refractivity contribution is -0.384. The molecule has 1 aromatic heterocycles. The molecule has 0 aliphatic carbocycles. The molecule has 0 radical (unpaired) electrons. The van der Waals surface area contributed by atoms with E-state index >= 15 is 0 Å². The molecular weight excluding hydrogens is 295 g/mol. The van der Waals surface area contributed by atoms with Gasteiger partial charge in [0.25, 0.3) is 5.69 Å².